The highest BCUT2D eigenvalue weighted by Gasteiger charge is 2.26. The smallest absolute Gasteiger partial charge is 0.264 e. The first-order chi connectivity index (χ1) is 14.6. The predicted molar refractivity (Wildman–Crippen MR) is 119 cm³/mol. The molecule has 0 saturated carbocycles. The van der Waals surface area contributed by atoms with E-state index in [-0.39, 0.29) is 18.0 Å². The van der Waals surface area contributed by atoms with Gasteiger partial charge in [-0.15, -0.1) is 0 Å². The van der Waals surface area contributed by atoms with Crippen molar-refractivity contribution in [3.8, 4) is 5.75 Å². The van der Waals surface area contributed by atoms with E-state index in [1.165, 1.54) is 16.4 Å². The number of hydrogen-bond acceptors (Lipinski definition) is 5. The highest BCUT2D eigenvalue weighted by Crippen LogP contribution is 2.29. The molecule has 0 atom stereocenters. The zero-order valence-corrected chi connectivity index (χ0v) is 17.5. The molecule has 3 rings (SSSR count). The Morgan fingerprint density at radius 3 is 2.37 bits per heavy atom. The fourth-order valence-electron chi connectivity index (χ4n) is 2.98. The van der Waals surface area contributed by atoms with E-state index >= 15 is 0 Å². The van der Waals surface area contributed by atoms with Gasteiger partial charge in [-0.1, -0.05) is 30.4 Å². The molecule has 0 saturated heterocycles. The third kappa shape index (κ3) is 5.06. The van der Waals surface area contributed by atoms with Crippen LogP contribution in [0.15, 0.2) is 78.0 Å². The number of nitrogens with zero attached hydrogens (tertiary/aromatic N) is 2. The van der Waals surface area contributed by atoms with Crippen LogP contribution >= 0.6 is 0 Å². The van der Waals surface area contributed by atoms with E-state index in [2.05, 4.69) is 4.98 Å². The van der Waals surface area contributed by atoms with Crippen molar-refractivity contribution < 1.29 is 18.3 Å². The van der Waals surface area contributed by atoms with E-state index in [9.17, 15) is 13.5 Å². The molecular weight excluding hydrogens is 400 g/mol. The lowest BCUT2D eigenvalue weighted by Gasteiger charge is -2.25. The molecule has 1 heterocycles. The molecule has 0 aliphatic heterocycles. The summed E-state index contributed by atoms with van der Waals surface area (Å²) in [7, 11) is -3.88. The number of ether oxygens (including phenoxy) is 1. The third-order valence-electron chi connectivity index (χ3n) is 4.39. The highest BCUT2D eigenvalue weighted by atomic mass is 32.2. The van der Waals surface area contributed by atoms with Crippen molar-refractivity contribution in [3.05, 3.63) is 84.2 Å². The van der Waals surface area contributed by atoms with Gasteiger partial charge in [-0.2, -0.15) is 0 Å². The van der Waals surface area contributed by atoms with E-state index in [4.69, 9.17) is 4.74 Å². The van der Waals surface area contributed by atoms with Gasteiger partial charge in [0.1, 0.15) is 5.75 Å². The maximum atomic E-state index is 13.4. The summed E-state index contributed by atoms with van der Waals surface area (Å²) in [4.78, 5) is 4.13. The molecule has 0 amide bonds. The SMILES string of the molecule is CCOc1ccc(S(=O)(=O)N(CCO)c2ccccc2C=Cc2ccncc2)cc1. The van der Waals surface area contributed by atoms with Crippen LogP contribution in [0.2, 0.25) is 0 Å². The summed E-state index contributed by atoms with van der Waals surface area (Å²) in [6.45, 7) is 2.00. The summed E-state index contributed by atoms with van der Waals surface area (Å²) in [5, 5.41) is 9.57. The number of aliphatic hydroxyl groups is 1. The zero-order valence-electron chi connectivity index (χ0n) is 16.7. The van der Waals surface area contributed by atoms with Crippen LogP contribution < -0.4 is 9.04 Å². The molecule has 3 aromatic rings. The number of anilines is 1. The molecule has 0 fully saturated rings. The number of aromatic nitrogens is 1. The topological polar surface area (TPSA) is 79.7 Å². The molecule has 0 aliphatic rings. The number of sulfonamides is 1. The second-order valence-corrected chi connectivity index (χ2v) is 8.24. The Hall–Kier alpha value is -3.16. The molecule has 156 valence electrons. The van der Waals surface area contributed by atoms with Gasteiger partial charge < -0.3 is 9.84 Å². The van der Waals surface area contributed by atoms with E-state index in [1.54, 1.807) is 36.7 Å². The minimum Gasteiger partial charge on any atom is -0.494 e. The lowest BCUT2D eigenvalue weighted by molar-refractivity contribution is 0.306. The van der Waals surface area contributed by atoms with Crippen molar-refractivity contribution in [1.29, 1.82) is 0 Å². The molecule has 0 spiro atoms. The fourth-order valence-corrected chi connectivity index (χ4v) is 4.46. The van der Waals surface area contributed by atoms with Crippen LogP contribution in [0, 0.1) is 0 Å². The lowest BCUT2D eigenvalue weighted by Crippen LogP contribution is -2.34. The Kier molecular flexibility index (Phi) is 7.21. The Labute approximate surface area is 177 Å². The summed E-state index contributed by atoms with van der Waals surface area (Å²) in [6, 6.07) is 17.2. The van der Waals surface area contributed by atoms with Crippen LogP contribution in [-0.4, -0.2) is 38.3 Å². The fraction of sp³-hybridized carbons (Fsp3) is 0.174. The zero-order chi connectivity index (χ0) is 21.4. The molecular formula is C23H24N2O4S. The van der Waals surface area contributed by atoms with Gasteiger partial charge in [-0.05, 0) is 60.5 Å². The van der Waals surface area contributed by atoms with Gasteiger partial charge >= 0.3 is 0 Å². The van der Waals surface area contributed by atoms with Crippen molar-refractivity contribution in [2.75, 3.05) is 24.1 Å². The van der Waals surface area contributed by atoms with Crippen LogP contribution in [0.4, 0.5) is 5.69 Å². The lowest BCUT2D eigenvalue weighted by atomic mass is 10.1. The highest BCUT2D eigenvalue weighted by molar-refractivity contribution is 7.92. The third-order valence-corrected chi connectivity index (χ3v) is 6.22. The standard InChI is InChI=1S/C23H24N2O4S/c1-2-29-21-9-11-22(12-10-21)30(27,28)25(17-18-26)23-6-4-3-5-20(23)8-7-19-13-15-24-16-14-19/h3-16,26H,2,17-18H2,1H3. The average molecular weight is 425 g/mol. The number of aliphatic hydroxyl groups excluding tert-OH is 1. The predicted octanol–water partition coefficient (Wildman–Crippen LogP) is 3.84. The largest absolute Gasteiger partial charge is 0.494 e. The molecule has 2 aromatic carbocycles. The van der Waals surface area contributed by atoms with Crippen molar-refractivity contribution in [2.45, 2.75) is 11.8 Å². The summed E-state index contributed by atoms with van der Waals surface area (Å²) >= 11 is 0. The normalized spacial score (nSPS) is 11.5. The summed E-state index contributed by atoms with van der Waals surface area (Å²) in [6.07, 6.45) is 7.13. The van der Waals surface area contributed by atoms with E-state index < -0.39 is 10.0 Å². The van der Waals surface area contributed by atoms with E-state index in [1.807, 2.05) is 43.3 Å². The Bertz CT molecular complexity index is 1080. The minimum atomic E-state index is -3.88. The average Bonchev–Trinajstić information content (AvgIpc) is 2.77. The summed E-state index contributed by atoms with van der Waals surface area (Å²) < 4.78 is 33.3. The van der Waals surface area contributed by atoms with Crippen molar-refractivity contribution in [1.82, 2.24) is 4.98 Å². The summed E-state index contributed by atoms with van der Waals surface area (Å²) in [5.41, 5.74) is 2.16. The first-order valence-corrected chi connectivity index (χ1v) is 11.0. The number of para-hydroxylation sites is 1. The minimum absolute atomic E-state index is 0.0599. The molecule has 0 bridgehead atoms. The van der Waals surface area contributed by atoms with E-state index in [0.717, 1.165) is 11.1 Å². The number of hydrogen-bond donors (Lipinski definition) is 1. The Morgan fingerprint density at radius 1 is 1.00 bits per heavy atom. The molecule has 0 unspecified atom stereocenters. The molecule has 7 heteroatoms. The quantitative estimate of drug-likeness (QED) is 0.565. The van der Waals surface area contributed by atoms with Crippen LogP contribution in [0.25, 0.3) is 12.2 Å². The van der Waals surface area contributed by atoms with Gasteiger partial charge in [0.2, 0.25) is 0 Å². The van der Waals surface area contributed by atoms with Crippen LogP contribution in [-0.2, 0) is 10.0 Å². The molecule has 1 aromatic heterocycles. The first-order valence-electron chi connectivity index (χ1n) is 9.60. The van der Waals surface area contributed by atoms with Gasteiger partial charge in [-0.25, -0.2) is 8.42 Å². The van der Waals surface area contributed by atoms with E-state index in [0.29, 0.717) is 18.0 Å². The molecule has 0 aliphatic carbocycles. The number of benzene rings is 2. The first kappa shape index (κ1) is 21.5. The molecule has 0 radical (unpaired) electrons. The van der Waals surface area contributed by atoms with Gasteiger partial charge in [0.15, 0.2) is 0 Å². The summed E-state index contributed by atoms with van der Waals surface area (Å²) in [5.74, 6) is 0.603. The second-order valence-electron chi connectivity index (χ2n) is 6.38. The van der Waals surface area contributed by atoms with Crippen molar-refractivity contribution in [2.24, 2.45) is 0 Å². The Balaban J connectivity index is 1.99. The maximum Gasteiger partial charge on any atom is 0.264 e. The van der Waals surface area contributed by atoms with Crippen molar-refractivity contribution in [3.63, 3.8) is 0 Å². The second kappa shape index (κ2) is 10.0. The van der Waals surface area contributed by atoms with Crippen molar-refractivity contribution >= 4 is 27.9 Å². The van der Waals surface area contributed by atoms with Gasteiger partial charge in [0.25, 0.3) is 10.0 Å². The van der Waals surface area contributed by atoms with Crippen LogP contribution in [0.3, 0.4) is 0 Å². The molecule has 1 N–H and O–H groups in total. The van der Waals surface area contributed by atoms with Gasteiger partial charge in [0.05, 0.1) is 30.3 Å². The number of rotatable bonds is 9. The molecule has 6 nitrogen and oxygen atoms in total. The van der Waals surface area contributed by atoms with Crippen LogP contribution in [0.5, 0.6) is 5.75 Å². The molecule has 30 heavy (non-hydrogen) atoms. The van der Waals surface area contributed by atoms with Gasteiger partial charge in [-0.3, -0.25) is 9.29 Å². The Morgan fingerprint density at radius 2 is 1.70 bits per heavy atom. The monoisotopic (exact) mass is 424 g/mol. The maximum absolute atomic E-state index is 13.4. The van der Waals surface area contributed by atoms with Crippen LogP contribution in [0.1, 0.15) is 18.1 Å². The number of pyridine rings is 1. The van der Waals surface area contributed by atoms with Gasteiger partial charge in [0, 0.05) is 12.4 Å².